The lowest BCUT2D eigenvalue weighted by molar-refractivity contribution is 0.337. The Morgan fingerprint density at radius 3 is 2.25 bits per heavy atom. The fourth-order valence-corrected chi connectivity index (χ4v) is 2.32. The first-order valence-electron chi connectivity index (χ1n) is 4.82. The highest BCUT2D eigenvalue weighted by Gasteiger charge is 2.17. The molecule has 0 radical (unpaired) electrons. The number of aliphatic hydroxyl groups excluding tert-OH is 1. The lowest BCUT2D eigenvalue weighted by Gasteiger charge is -2.18. The summed E-state index contributed by atoms with van der Waals surface area (Å²) in [4.78, 5) is 0. The van der Waals surface area contributed by atoms with E-state index in [0.717, 1.165) is 6.42 Å². The molecule has 0 unspecified atom stereocenters. The van der Waals surface area contributed by atoms with Crippen LogP contribution in [-0.2, 0) is 0 Å². The van der Waals surface area contributed by atoms with Crippen LogP contribution in [-0.4, -0.2) is 19.8 Å². The second kappa shape index (κ2) is 5.54. The highest BCUT2D eigenvalue weighted by molar-refractivity contribution is 6.83. The molecule has 0 atom stereocenters. The highest BCUT2D eigenvalue weighted by Crippen LogP contribution is 2.15. The van der Waals surface area contributed by atoms with Crippen molar-refractivity contribution in [3.05, 3.63) is 11.3 Å². The van der Waals surface area contributed by atoms with Gasteiger partial charge in [-0.2, -0.15) is 0 Å². The summed E-state index contributed by atoms with van der Waals surface area (Å²) in [5, 5.41) is 10.4. The predicted octanol–water partition coefficient (Wildman–Crippen LogP) is 2.97. The van der Waals surface area contributed by atoms with Crippen LogP contribution >= 0.6 is 0 Å². The first kappa shape index (κ1) is 11.9. The maximum Gasteiger partial charge on any atom is 0.0750 e. The average molecular weight is 186 g/mol. The van der Waals surface area contributed by atoms with E-state index in [1.54, 1.807) is 0 Å². The van der Waals surface area contributed by atoms with Crippen LogP contribution in [0.25, 0.3) is 0 Å². The summed E-state index contributed by atoms with van der Waals surface area (Å²) in [7, 11) is -1.23. The molecule has 2 heteroatoms. The van der Waals surface area contributed by atoms with Crippen molar-refractivity contribution in [1.82, 2.24) is 0 Å². The lowest BCUT2D eigenvalue weighted by Crippen LogP contribution is -2.26. The highest BCUT2D eigenvalue weighted by atomic mass is 28.3. The Kier molecular flexibility index (Phi) is 5.50. The van der Waals surface area contributed by atoms with Gasteiger partial charge in [0.2, 0.25) is 0 Å². The normalized spacial score (nSPS) is 13.6. The molecular weight excluding hydrogens is 164 g/mol. The number of allylic oxidation sites excluding steroid dienone is 1. The third kappa shape index (κ3) is 4.73. The van der Waals surface area contributed by atoms with Gasteiger partial charge in [-0.3, -0.25) is 0 Å². The van der Waals surface area contributed by atoms with Crippen LogP contribution in [0, 0.1) is 0 Å². The molecule has 12 heavy (non-hydrogen) atoms. The summed E-state index contributed by atoms with van der Waals surface area (Å²) < 4.78 is 0. The first-order valence-corrected chi connectivity index (χ1v) is 8.32. The molecule has 1 N–H and O–H groups in total. The molecule has 72 valence electrons. The molecule has 0 fully saturated rings. The summed E-state index contributed by atoms with van der Waals surface area (Å²) in [5.74, 6) is 0. The predicted molar refractivity (Wildman–Crippen MR) is 58.0 cm³/mol. The third-order valence-corrected chi connectivity index (χ3v) is 4.37. The summed E-state index contributed by atoms with van der Waals surface area (Å²) in [6.45, 7) is 9.30. The van der Waals surface area contributed by atoms with Gasteiger partial charge in [0.1, 0.15) is 0 Å². The second-order valence-electron chi connectivity index (χ2n) is 4.28. The summed E-state index contributed by atoms with van der Waals surface area (Å²) in [6, 6.07) is 0. The van der Waals surface area contributed by atoms with E-state index < -0.39 is 8.07 Å². The molecule has 0 aliphatic rings. The Balaban J connectivity index is 4.05. The molecule has 0 aromatic carbocycles. The quantitative estimate of drug-likeness (QED) is 0.517. The van der Waals surface area contributed by atoms with Crippen LogP contribution in [0.5, 0.6) is 0 Å². The van der Waals surface area contributed by atoms with Gasteiger partial charge in [-0.1, -0.05) is 50.7 Å². The molecule has 0 aliphatic carbocycles. The van der Waals surface area contributed by atoms with E-state index in [1.807, 2.05) is 0 Å². The van der Waals surface area contributed by atoms with Gasteiger partial charge in [0, 0.05) is 0 Å². The van der Waals surface area contributed by atoms with Crippen molar-refractivity contribution in [2.24, 2.45) is 0 Å². The Morgan fingerprint density at radius 2 is 1.92 bits per heavy atom. The monoisotopic (exact) mass is 186 g/mol. The standard InChI is InChI=1S/C10H22OSi/c1-5-6-7-8-10(9-11)12(2,3)4/h8,11H,5-7,9H2,1-4H3. The second-order valence-corrected chi connectivity index (χ2v) is 9.42. The molecule has 0 amide bonds. The van der Waals surface area contributed by atoms with Gasteiger partial charge in [-0.25, -0.2) is 0 Å². The van der Waals surface area contributed by atoms with Gasteiger partial charge in [0.15, 0.2) is 0 Å². The van der Waals surface area contributed by atoms with E-state index in [2.05, 4.69) is 32.6 Å². The minimum Gasteiger partial charge on any atom is -0.392 e. The van der Waals surface area contributed by atoms with Crippen molar-refractivity contribution in [2.75, 3.05) is 6.61 Å². The summed E-state index contributed by atoms with van der Waals surface area (Å²) in [5.41, 5.74) is 0. The number of hydrogen-bond acceptors (Lipinski definition) is 1. The maximum absolute atomic E-state index is 9.13. The van der Waals surface area contributed by atoms with Crippen molar-refractivity contribution < 1.29 is 5.11 Å². The summed E-state index contributed by atoms with van der Waals surface area (Å²) in [6.07, 6.45) is 5.86. The van der Waals surface area contributed by atoms with E-state index in [4.69, 9.17) is 5.11 Å². The number of hydrogen-bond donors (Lipinski definition) is 1. The smallest absolute Gasteiger partial charge is 0.0750 e. The van der Waals surface area contributed by atoms with E-state index in [1.165, 1.54) is 18.0 Å². The molecule has 0 spiro atoms. The molecule has 0 rings (SSSR count). The Hall–Kier alpha value is -0.0831. The summed E-state index contributed by atoms with van der Waals surface area (Å²) >= 11 is 0. The Labute approximate surface area is 77.5 Å². The SMILES string of the molecule is CCCCC=C(CO)[Si](C)(C)C. The molecule has 0 heterocycles. The van der Waals surface area contributed by atoms with Crippen molar-refractivity contribution in [2.45, 2.75) is 45.8 Å². The Morgan fingerprint density at radius 1 is 1.33 bits per heavy atom. The first-order chi connectivity index (χ1) is 5.52. The van der Waals surface area contributed by atoms with Crippen molar-refractivity contribution in [3.8, 4) is 0 Å². The molecule has 0 saturated carbocycles. The average Bonchev–Trinajstić information content (AvgIpc) is 1.95. The zero-order valence-electron chi connectivity index (χ0n) is 8.85. The van der Waals surface area contributed by atoms with Crippen LogP contribution in [0.1, 0.15) is 26.2 Å². The van der Waals surface area contributed by atoms with Gasteiger partial charge >= 0.3 is 0 Å². The van der Waals surface area contributed by atoms with E-state index >= 15 is 0 Å². The molecule has 0 bridgehead atoms. The third-order valence-electron chi connectivity index (χ3n) is 2.08. The minimum atomic E-state index is -1.23. The zero-order valence-corrected chi connectivity index (χ0v) is 9.85. The van der Waals surface area contributed by atoms with Crippen molar-refractivity contribution in [1.29, 1.82) is 0 Å². The van der Waals surface area contributed by atoms with E-state index in [-0.39, 0.29) is 6.61 Å². The molecule has 1 nitrogen and oxygen atoms in total. The molecule has 0 aromatic heterocycles. The molecule has 0 aliphatic heterocycles. The number of aliphatic hydroxyl groups is 1. The maximum atomic E-state index is 9.13. The molecule has 0 saturated heterocycles. The van der Waals surface area contributed by atoms with Gasteiger partial charge in [-0.15, -0.1) is 0 Å². The van der Waals surface area contributed by atoms with Crippen LogP contribution in [0.15, 0.2) is 11.3 Å². The van der Waals surface area contributed by atoms with Crippen LogP contribution in [0.4, 0.5) is 0 Å². The van der Waals surface area contributed by atoms with Crippen molar-refractivity contribution in [3.63, 3.8) is 0 Å². The largest absolute Gasteiger partial charge is 0.392 e. The van der Waals surface area contributed by atoms with Crippen LogP contribution in [0.2, 0.25) is 19.6 Å². The Bertz CT molecular complexity index is 144. The van der Waals surface area contributed by atoms with Gasteiger partial charge < -0.3 is 5.11 Å². The van der Waals surface area contributed by atoms with Crippen LogP contribution in [0.3, 0.4) is 0 Å². The lowest BCUT2D eigenvalue weighted by atomic mass is 10.2. The van der Waals surface area contributed by atoms with Gasteiger partial charge in [0.25, 0.3) is 0 Å². The molecule has 0 aromatic rings. The number of rotatable bonds is 5. The fraction of sp³-hybridized carbons (Fsp3) is 0.800. The van der Waals surface area contributed by atoms with E-state index in [9.17, 15) is 0 Å². The van der Waals surface area contributed by atoms with Crippen molar-refractivity contribution >= 4 is 8.07 Å². The zero-order chi connectivity index (χ0) is 9.61. The fourth-order valence-electron chi connectivity index (χ4n) is 1.09. The van der Waals surface area contributed by atoms with Crippen LogP contribution < -0.4 is 0 Å². The minimum absolute atomic E-state index is 0.263. The topological polar surface area (TPSA) is 20.2 Å². The van der Waals surface area contributed by atoms with E-state index in [0.29, 0.717) is 0 Å². The molecular formula is C10H22OSi. The van der Waals surface area contributed by atoms with Gasteiger partial charge in [-0.05, 0) is 6.42 Å². The number of unbranched alkanes of at least 4 members (excludes halogenated alkanes) is 2. The van der Waals surface area contributed by atoms with Gasteiger partial charge in [0.05, 0.1) is 14.7 Å².